The summed E-state index contributed by atoms with van der Waals surface area (Å²) in [5.41, 5.74) is 2.07. The Morgan fingerprint density at radius 2 is 2.11 bits per heavy atom. The third-order valence-electron chi connectivity index (χ3n) is 4.75. The molecule has 2 N–H and O–H groups in total. The van der Waals surface area contributed by atoms with Crippen LogP contribution in [-0.4, -0.2) is 40.8 Å². The maximum atomic E-state index is 5.73. The van der Waals surface area contributed by atoms with Gasteiger partial charge < -0.3 is 15.4 Å². The summed E-state index contributed by atoms with van der Waals surface area (Å²) in [7, 11) is 1.80. The Balaban J connectivity index is 1.30. The average Bonchev–Trinajstić information content (AvgIpc) is 3.13. The highest BCUT2D eigenvalue weighted by Gasteiger charge is 2.21. The molecule has 0 saturated carbocycles. The molecule has 4 rings (SSSR count). The molecule has 7 heteroatoms. The molecule has 7 nitrogen and oxygen atoms in total. The Morgan fingerprint density at radius 3 is 3.04 bits per heavy atom. The highest BCUT2D eigenvalue weighted by atomic mass is 16.5. The number of benzene rings is 1. The van der Waals surface area contributed by atoms with Crippen molar-refractivity contribution in [3.05, 3.63) is 60.0 Å². The maximum absolute atomic E-state index is 5.73. The van der Waals surface area contributed by atoms with Gasteiger partial charge in [0.25, 0.3) is 0 Å². The molecule has 0 aliphatic carbocycles. The maximum Gasteiger partial charge on any atom is 0.191 e. The molecule has 0 spiro atoms. The fraction of sp³-hybridized carbons (Fsp3) is 0.350. The Hall–Kier alpha value is -3.09. The van der Waals surface area contributed by atoms with Gasteiger partial charge in [0, 0.05) is 38.2 Å². The third kappa shape index (κ3) is 3.86. The van der Waals surface area contributed by atoms with Crippen LogP contribution in [0, 0.1) is 0 Å². The van der Waals surface area contributed by atoms with Crippen molar-refractivity contribution in [1.29, 1.82) is 0 Å². The summed E-state index contributed by atoms with van der Waals surface area (Å²) in [6.45, 7) is 1.53. The number of nitrogens with zero attached hydrogens (tertiary/aromatic N) is 4. The van der Waals surface area contributed by atoms with Gasteiger partial charge in [-0.25, -0.2) is 0 Å². The van der Waals surface area contributed by atoms with Gasteiger partial charge in [0.2, 0.25) is 0 Å². The van der Waals surface area contributed by atoms with E-state index in [4.69, 9.17) is 4.74 Å². The number of hydrogen-bond acceptors (Lipinski definition) is 4. The monoisotopic (exact) mass is 364 g/mol. The molecular weight excluding hydrogens is 340 g/mol. The molecule has 1 atom stereocenters. The highest BCUT2D eigenvalue weighted by molar-refractivity contribution is 5.80. The standard InChI is InChI=1S/C20H24N6O/c1-21-20(23-16-11-14-27-17-8-3-2-7-15(16)17)22-12-6-10-19-25-24-18-9-4-5-13-26(18)19/h2-5,7-9,13,16H,6,10-12,14H2,1H3,(H2,21,22,23). The molecule has 0 amide bonds. The number of guanidine groups is 1. The second kappa shape index (κ2) is 8.07. The van der Waals surface area contributed by atoms with Gasteiger partial charge in [-0.2, -0.15) is 0 Å². The second-order valence-corrected chi connectivity index (χ2v) is 6.52. The zero-order valence-electron chi connectivity index (χ0n) is 15.4. The van der Waals surface area contributed by atoms with E-state index < -0.39 is 0 Å². The van der Waals surface area contributed by atoms with Crippen LogP contribution < -0.4 is 15.4 Å². The molecule has 140 valence electrons. The van der Waals surface area contributed by atoms with Gasteiger partial charge in [0.15, 0.2) is 11.6 Å². The molecule has 1 aliphatic rings. The number of aryl methyl sites for hydroxylation is 1. The lowest BCUT2D eigenvalue weighted by Gasteiger charge is -2.28. The molecule has 3 aromatic rings. The van der Waals surface area contributed by atoms with Gasteiger partial charge in [0.05, 0.1) is 12.6 Å². The number of hydrogen-bond donors (Lipinski definition) is 2. The van der Waals surface area contributed by atoms with Crippen LogP contribution in [0.4, 0.5) is 0 Å². The lowest BCUT2D eigenvalue weighted by molar-refractivity contribution is 0.261. The normalized spacial score (nSPS) is 16.6. The first-order valence-corrected chi connectivity index (χ1v) is 9.32. The lowest BCUT2D eigenvalue weighted by atomic mass is 10.0. The van der Waals surface area contributed by atoms with Crippen molar-refractivity contribution < 1.29 is 4.74 Å². The van der Waals surface area contributed by atoms with Crippen LogP contribution in [0.25, 0.3) is 5.65 Å². The Morgan fingerprint density at radius 1 is 1.22 bits per heavy atom. The molecule has 1 aromatic carbocycles. The van der Waals surface area contributed by atoms with Gasteiger partial charge in [0.1, 0.15) is 11.6 Å². The zero-order chi connectivity index (χ0) is 18.5. The Bertz CT molecular complexity index is 935. The average molecular weight is 364 g/mol. The van der Waals surface area contributed by atoms with Crippen LogP contribution in [0.15, 0.2) is 53.7 Å². The number of aromatic nitrogens is 3. The third-order valence-corrected chi connectivity index (χ3v) is 4.75. The summed E-state index contributed by atoms with van der Waals surface area (Å²) in [4.78, 5) is 4.36. The SMILES string of the molecule is CN=C(NCCCc1nnc2ccccn12)NC1CCOc2ccccc21. The van der Waals surface area contributed by atoms with E-state index in [0.29, 0.717) is 6.61 Å². The van der Waals surface area contributed by atoms with Crippen molar-refractivity contribution in [2.24, 2.45) is 4.99 Å². The van der Waals surface area contributed by atoms with Gasteiger partial charge in [-0.05, 0) is 24.6 Å². The molecule has 2 aromatic heterocycles. The van der Waals surface area contributed by atoms with Crippen LogP contribution in [0.1, 0.15) is 30.3 Å². The van der Waals surface area contributed by atoms with Crippen molar-refractivity contribution in [2.45, 2.75) is 25.3 Å². The summed E-state index contributed by atoms with van der Waals surface area (Å²) in [6, 6.07) is 14.3. The number of rotatable bonds is 5. The van der Waals surface area contributed by atoms with E-state index in [2.05, 4.69) is 31.9 Å². The minimum Gasteiger partial charge on any atom is -0.493 e. The molecule has 0 saturated heterocycles. The summed E-state index contributed by atoms with van der Waals surface area (Å²) < 4.78 is 7.76. The topological polar surface area (TPSA) is 75.8 Å². The molecule has 27 heavy (non-hydrogen) atoms. The summed E-state index contributed by atoms with van der Waals surface area (Å²) in [5, 5.41) is 15.4. The van der Waals surface area contributed by atoms with E-state index in [1.54, 1.807) is 7.05 Å². The second-order valence-electron chi connectivity index (χ2n) is 6.52. The smallest absolute Gasteiger partial charge is 0.191 e. The van der Waals surface area contributed by atoms with Crippen molar-refractivity contribution in [3.63, 3.8) is 0 Å². The molecule has 1 aliphatic heterocycles. The van der Waals surface area contributed by atoms with Crippen LogP contribution in [-0.2, 0) is 6.42 Å². The highest BCUT2D eigenvalue weighted by Crippen LogP contribution is 2.31. The van der Waals surface area contributed by atoms with E-state index in [1.165, 1.54) is 5.56 Å². The number of fused-ring (bicyclic) bond motifs is 2. The molecular formula is C20H24N6O. The molecule has 0 bridgehead atoms. The minimum absolute atomic E-state index is 0.210. The first-order valence-electron chi connectivity index (χ1n) is 9.32. The lowest BCUT2D eigenvalue weighted by Crippen LogP contribution is -2.41. The van der Waals surface area contributed by atoms with Gasteiger partial charge in [-0.1, -0.05) is 24.3 Å². The van der Waals surface area contributed by atoms with Crippen molar-refractivity contribution in [1.82, 2.24) is 25.2 Å². The van der Waals surface area contributed by atoms with E-state index >= 15 is 0 Å². The predicted molar refractivity (Wildman–Crippen MR) is 105 cm³/mol. The molecule has 3 heterocycles. The summed E-state index contributed by atoms with van der Waals surface area (Å²) >= 11 is 0. The van der Waals surface area contributed by atoms with E-state index in [0.717, 1.165) is 49.0 Å². The molecule has 0 radical (unpaired) electrons. The van der Waals surface area contributed by atoms with Gasteiger partial charge >= 0.3 is 0 Å². The number of ether oxygens (including phenoxy) is 1. The van der Waals surface area contributed by atoms with Crippen LogP contribution in [0.2, 0.25) is 0 Å². The van der Waals surface area contributed by atoms with Crippen LogP contribution in [0.5, 0.6) is 5.75 Å². The number of para-hydroxylation sites is 1. The fourth-order valence-electron chi connectivity index (χ4n) is 3.37. The quantitative estimate of drug-likeness (QED) is 0.413. The number of aliphatic imine (C=N–C) groups is 1. The van der Waals surface area contributed by atoms with E-state index in [9.17, 15) is 0 Å². The Labute approximate surface area is 158 Å². The van der Waals surface area contributed by atoms with Crippen molar-refractivity contribution in [3.8, 4) is 5.75 Å². The van der Waals surface area contributed by atoms with E-state index in [-0.39, 0.29) is 6.04 Å². The molecule has 1 unspecified atom stereocenters. The summed E-state index contributed by atoms with van der Waals surface area (Å²) in [6.07, 6.45) is 4.72. The Kier molecular flexibility index (Phi) is 5.18. The fourth-order valence-corrected chi connectivity index (χ4v) is 3.37. The minimum atomic E-state index is 0.210. The first-order chi connectivity index (χ1) is 13.3. The number of nitrogens with one attached hydrogen (secondary N) is 2. The van der Waals surface area contributed by atoms with Gasteiger partial charge in [-0.15, -0.1) is 10.2 Å². The summed E-state index contributed by atoms with van der Waals surface area (Å²) in [5.74, 6) is 2.74. The van der Waals surface area contributed by atoms with E-state index in [1.807, 2.05) is 47.0 Å². The van der Waals surface area contributed by atoms with Crippen molar-refractivity contribution >= 4 is 11.6 Å². The number of pyridine rings is 1. The predicted octanol–water partition coefficient (Wildman–Crippen LogP) is 2.35. The molecule has 0 fully saturated rings. The zero-order valence-corrected chi connectivity index (χ0v) is 15.4. The van der Waals surface area contributed by atoms with Crippen LogP contribution in [0.3, 0.4) is 0 Å². The van der Waals surface area contributed by atoms with Gasteiger partial charge in [-0.3, -0.25) is 9.39 Å². The van der Waals surface area contributed by atoms with Crippen molar-refractivity contribution in [2.75, 3.05) is 20.2 Å². The van der Waals surface area contributed by atoms with Crippen LogP contribution >= 0.6 is 0 Å². The largest absolute Gasteiger partial charge is 0.493 e. The first kappa shape index (κ1) is 17.3.